The molecule has 6 heteroatoms. The molecule has 0 bridgehead atoms. The second kappa shape index (κ2) is 10.3. The number of carbonyl (C=O) groups is 2. The van der Waals surface area contributed by atoms with E-state index in [1.165, 1.54) is 24.3 Å². The highest BCUT2D eigenvalue weighted by Gasteiger charge is 2.36. The van der Waals surface area contributed by atoms with Gasteiger partial charge in [-0.15, -0.1) is 0 Å². The van der Waals surface area contributed by atoms with Gasteiger partial charge in [0.2, 0.25) is 0 Å². The predicted octanol–water partition coefficient (Wildman–Crippen LogP) is 5.96. The van der Waals surface area contributed by atoms with Crippen LogP contribution in [0.5, 0.6) is 23.0 Å². The van der Waals surface area contributed by atoms with Crippen LogP contribution in [0.4, 0.5) is 0 Å². The number of ether oxygens (including phenoxy) is 2. The first-order valence-corrected chi connectivity index (χ1v) is 12.1. The van der Waals surface area contributed by atoms with Crippen LogP contribution in [0.2, 0.25) is 0 Å². The first kappa shape index (κ1) is 24.8. The lowest BCUT2D eigenvalue weighted by Crippen LogP contribution is -2.26. The third kappa shape index (κ3) is 4.64. The third-order valence-electron chi connectivity index (χ3n) is 6.85. The molecule has 38 heavy (non-hydrogen) atoms. The molecule has 0 fully saturated rings. The van der Waals surface area contributed by atoms with Crippen molar-refractivity contribution < 1.29 is 29.3 Å². The van der Waals surface area contributed by atoms with Gasteiger partial charge < -0.3 is 19.7 Å². The van der Waals surface area contributed by atoms with E-state index in [4.69, 9.17) is 9.47 Å². The molecule has 0 aliphatic heterocycles. The lowest BCUT2D eigenvalue weighted by atomic mass is 9.71. The maximum Gasteiger partial charge on any atom is 0.193 e. The third-order valence-corrected chi connectivity index (χ3v) is 6.85. The van der Waals surface area contributed by atoms with Gasteiger partial charge in [-0.2, -0.15) is 0 Å². The number of hydrogen-bond acceptors (Lipinski definition) is 6. The van der Waals surface area contributed by atoms with Crippen LogP contribution >= 0.6 is 0 Å². The first-order valence-electron chi connectivity index (χ1n) is 12.1. The van der Waals surface area contributed by atoms with E-state index in [2.05, 4.69) is 0 Å². The zero-order valence-corrected chi connectivity index (χ0v) is 21.0. The number of ketones is 2. The van der Waals surface area contributed by atoms with Crippen LogP contribution < -0.4 is 9.47 Å². The summed E-state index contributed by atoms with van der Waals surface area (Å²) in [7, 11) is 3.15. The highest BCUT2D eigenvalue weighted by molar-refractivity contribution is 6.36. The Morgan fingerprint density at radius 2 is 1.26 bits per heavy atom. The SMILES string of the molecule is COc1ccc(C2=C(C(=O)c3ccc(O)cc3)c3ccc(OC)cc3CC2C(=O)c2ccc(O)cc2)cc1. The Hall–Kier alpha value is -4.84. The Kier molecular flexibility index (Phi) is 6.71. The summed E-state index contributed by atoms with van der Waals surface area (Å²) in [5.74, 6) is 0.302. The maximum atomic E-state index is 14.1. The number of methoxy groups -OCH3 is 2. The average Bonchev–Trinajstić information content (AvgIpc) is 2.96. The molecule has 6 nitrogen and oxygen atoms in total. The van der Waals surface area contributed by atoms with Crippen LogP contribution in [0.1, 0.15) is 37.4 Å². The van der Waals surface area contributed by atoms with E-state index in [0.29, 0.717) is 40.2 Å². The fraction of sp³-hybridized carbons (Fsp3) is 0.125. The van der Waals surface area contributed by atoms with Crippen LogP contribution in [-0.4, -0.2) is 36.0 Å². The van der Waals surface area contributed by atoms with Gasteiger partial charge in [0.05, 0.1) is 20.1 Å². The van der Waals surface area contributed by atoms with Crippen LogP contribution in [0.25, 0.3) is 11.1 Å². The molecule has 1 atom stereocenters. The largest absolute Gasteiger partial charge is 0.508 e. The Morgan fingerprint density at radius 1 is 0.711 bits per heavy atom. The number of phenols is 2. The topological polar surface area (TPSA) is 93.1 Å². The zero-order chi connectivity index (χ0) is 26.8. The molecular weight excluding hydrogens is 480 g/mol. The van der Waals surface area contributed by atoms with Gasteiger partial charge in [-0.05, 0) is 101 Å². The smallest absolute Gasteiger partial charge is 0.193 e. The summed E-state index contributed by atoms with van der Waals surface area (Å²) in [4.78, 5) is 28.2. The Bertz CT molecular complexity index is 1530. The molecule has 4 aromatic rings. The number of carbonyl (C=O) groups excluding carboxylic acids is 2. The molecule has 4 aromatic carbocycles. The molecular formula is C32H26O6. The van der Waals surface area contributed by atoms with E-state index >= 15 is 0 Å². The summed E-state index contributed by atoms with van der Waals surface area (Å²) >= 11 is 0. The quantitative estimate of drug-likeness (QED) is 0.300. The molecule has 2 N–H and O–H groups in total. The van der Waals surface area contributed by atoms with Gasteiger partial charge in [-0.25, -0.2) is 0 Å². The van der Waals surface area contributed by atoms with Gasteiger partial charge >= 0.3 is 0 Å². The molecule has 0 aromatic heterocycles. The summed E-state index contributed by atoms with van der Waals surface area (Å²) in [6.45, 7) is 0. The van der Waals surface area contributed by atoms with Gasteiger partial charge in [0.1, 0.15) is 23.0 Å². The van der Waals surface area contributed by atoms with Gasteiger partial charge in [0.15, 0.2) is 11.6 Å². The number of hydrogen-bond donors (Lipinski definition) is 2. The van der Waals surface area contributed by atoms with Gasteiger partial charge in [0.25, 0.3) is 0 Å². The zero-order valence-electron chi connectivity index (χ0n) is 21.0. The van der Waals surface area contributed by atoms with E-state index in [1.54, 1.807) is 56.7 Å². The van der Waals surface area contributed by atoms with E-state index in [-0.39, 0.29) is 23.1 Å². The summed E-state index contributed by atoms with van der Waals surface area (Å²) in [6.07, 6.45) is 0.361. The summed E-state index contributed by atoms with van der Waals surface area (Å²) in [5, 5.41) is 19.6. The minimum Gasteiger partial charge on any atom is -0.508 e. The minimum atomic E-state index is -0.677. The number of fused-ring (bicyclic) bond motifs is 1. The number of Topliss-reactive ketones (excluding diaryl/α,β-unsaturated/α-hetero) is 2. The molecule has 0 saturated heterocycles. The second-order valence-corrected chi connectivity index (χ2v) is 9.08. The monoisotopic (exact) mass is 506 g/mol. The van der Waals surface area contributed by atoms with E-state index in [0.717, 1.165) is 16.7 Å². The van der Waals surface area contributed by atoms with Crippen molar-refractivity contribution in [2.45, 2.75) is 6.42 Å². The highest BCUT2D eigenvalue weighted by atomic mass is 16.5. The first-order chi connectivity index (χ1) is 18.4. The van der Waals surface area contributed by atoms with Crippen LogP contribution in [0, 0.1) is 5.92 Å². The number of aromatic hydroxyl groups is 2. The van der Waals surface area contributed by atoms with Crippen molar-refractivity contribution in [1.82, 2.24) is 0 Å². The molecule has 1 aliphatic rings. The fourth-order valence-electron chi connectivity index (χ4n) is 4.92. The van der Waals surface area contributed by atoms with Crippen molar-refractivity contribution in [1.29, 1.82) is 0 Å². The number of rotatable bonds is 7. The summed E-state index contributed by atoms with van der Waals surface area (Å²) in [6, 6.07) is 25.0. The van der Waals surface area contributed by atoms with Crippen molar-refractivity contribution in [3.8, 4) is 23.0 Å². The predicted molar refractivity (Wildman–Crippen MR) is 145 cm³/mol. The normalized spacial score (nSPS) is 14.5. The molecule has 190 valence electrons. The highest BCUT2D eigenvalue weighted by Crippen LogP contribution is 2.44. The Balaban J connectivity index is 1.78. The van der Waals surface area contributed by atoms with Crippen molar-refractivity contribution in [2.75, 3.05) is 14.2 Å². The van der Waals surface area contributed by atoms with Crippen molar-refractivity contribution in [3.63, 3.8) is 0 Å². The van der Waals surface area contributed by atoms with Crippen LogP contribution in [-0.2, 0) is 6.42 Å². The summed E-state index contributed by atoms with van der Waals surface area (Å²) in [5.41, 5.74) is 4.13. The molecule has 0 radical (unpaired) electrons. The number of phenolic OH excluding ortho intramolecular Hbond substituents is 2. The standard InChI is InChI=1S/C32H26O6/c1-37-25-13-7-19(8-14-25)29-28(31(35)20-3-9-23(33)10-4-20)18-22-17-26(38-2)15-16-27(22)30(29)32(36)21-5-11-24(34)12-6-21/h3-17,28,33-34H,18H2,1-2H3. The van der Waals surface area contributed by atoms with Gasteiger partial charge in [-0.1, -0.05) is 18.2 Å². The van der Waals surface area contributed by atoms with E-state index in [9.17, 15) is 19.8 Å². The molecule has 0 spiro atoms. The number of allylic oxidation sites excluding steroid dienone is 2. The van der Waals surface area contributed by atoms with Crippen molar-refractivity contribution in [2.24, 2.45) is 5.92 Å². The fourth-order valence-corrected chi connectivity index (χ4v) is 4.92. The molecule has 5 rings (SSSR count). The van der Waals surface area contributed by atoms with Crippen LogP contribution in [0.3, 0.4) is 0 Å². The maximum absolute atomic E-state index is 14.1. The lowest BCUT2D eigenvalue weighted by Gasteiger charge is -2.30. The number of benzene rings is 4. The lowest BCUT2D eigenvalue weighted by molar-refractivity contribution is 0.0949. The Labute approximate surface area is 220 Å². The molecule has 0 heterocycles. The van der Waals surface area contributed by atoms with Crippen molar-refractivity contribution in [3.05, 3.63) is 119 Å². The molecule has 1 aliphatic carbocycles. The minimum absolute atomic E-state index is 0.0556. The molecule has 0 saturated carbocycles. The van der Waals surface area contributed by atoms with Crippen molar-refractivity contribution >= 4 is 22.7 Å². The van der Waals surface area contributed by atoms with Gasteiger partial charge in [-0.3, -0.25) is 9.59 Å². The van der Waals surface area contributed by atoms with E-state index < -0.39 is 5.92 Å². The summed E-state index contributed by atoms with van der Waals surface area (Å²) < 4.78 is 10.8. The molecule has 1 unspecified atom stereocenters. The van der Waals surface area contributed by atoms with E-state index in [1.807, 2.05) is 24.3 Å². The second-order valence-electron chi connectivity index (χ2n) is 9.08. The molecule has 0 amide bonds. The van der Waals surface area contributed by atoms with Crippen LogP contribution in [0.15, 0.2) is 91.0 Å². The van der Waals surface area contributed by atoms with Gasteiger partial charge in [0, 0.05) is 16.7 Å². The average molecular weight is 507 g/mol. The Morgan fingerprint density at radius 3 is 1.84 bits per heavy atom.